The summed E-state index contributed by atoms with van der Waals surface area (Å²) in [6.45, 7) is 3.58. The summed E-state index contributed by atoms with van der Waals surface area (Å²) in [5.41, 5.74) is 3.73. The van der Waals surface area contributed by atoms with E-state index in [0.29, 0.717) is 11.8 Å². The van der Waals surface area contributed by atoms with Crippen molar-refractivity contribution in [3.8, 4) is 0 Å². The molecule has 0 radical (unpaired) electrons. The standard InChI is InChI=1S/C19H20N6O/c1-3-14-6-4-5-7-17(14)23-18-12-20-25-19(24-18)22-16-10-8-15(9-11-16)21-13(2)26/h4-12H,3H2,1-2H3,(H,21,26)(H2,22,23,24,25). The highest BCUT2D eigenvalue weighted by atomic mass is 16.1. The van der Waals surface area contributed by atoms with Crippen molar-refractivity contribution in [3.63, 3.8) is 0 Å². The van der Waals surface area contributed by atoms with Gasteiger partial charge in [-0.05, 0) is 42.3 Å². The second kappa shape index (κ2) is 8.06. The molecule has 1 amide bonds. The van der Waals surface area contributed by atoms with Crippen molar-refractivity contribution in [1.82, 2.24) is 15.2 Å². The quantitative estimate of drug-likeness (QED) is 0.626. The van der Waals surface area contributed by atoms with Crippen LogP contribution in [0.25, 0.3) is 0 Å². The highest BCUT2D eigenvalue weighted by Crippen LogP contribution is 2.21. The lowest BCUT2D eigenvalue weighted by Gasteiger charge is -2.11. The molecular weight excluding hydrogens is 328 g/mol. The number of aromatic nitrogens is 3. The predicted octanol–water partition coefficient (Wildman–Crippen LogP) is 3.88. The van der Waals surface area contributed by atoms with Crippen LogP contribution in [-0.2, 0) is 11.2 Å². The molecule has 7 heteroatoms. The lowest BCUT2D eigenvalue weighted by Crippen LogP contribution is -2.06. The molecule has 3 N–H and O–H groups in total. The SMILES string of the molecule is CCc1ccccc1Nc1cnnc(Nc2ccc(NC(C)=O)cc2)n1. The van der Waals surface area contributed by atoms with Gasteiger partial charge >= 0.3 is 0 Å². The lowest BCUT2D eigenvalue weighted by molar-refractivity contribution is -0.114. The summed E-state index contributed by atoms with van der Waals surface area (Å²) in [6.07, 6.45) is 2.50. The molecule has 0 aliphatic rings. The minimum atomic E-state index is -0.107. The molecule has 3 aromatic rings. The van der Waals surface area contributed by atoms with E-state index in [9.17, 15) is 4.79 Å². The Hall–Kier alpha value is -3.48. The van der Waals surface area contributed by atoms with Gasteiger partial charge in [-0.25, -0.2) is 0 Å². The van der Waals surface area contributed by atoms with E-state index >= 15 is 0 Å². The Bertz CT molecular complexity index is 895. The Morgan fingerprint density at radius 3 is 2.46 bits per heavy atom. The average Bonchev–Trinajstić information content (AvgIpc) is 2.64. The molecule has 3 rings (SSSR count). The van der Waals surface area contributed by atoms with E-state index < -0.39 is 0 Å². The highest BCUT2D eigenvalue weighted by Gasteiger charge is 2.05. The summed E-state index contributed by atoms with van der Waals surface area (Å²) in [5, 5.41) is 17.1. The first-order valence-corrected chi connectivity index (χ1v) is 8.33. The van der Waals surface area contributed by atoms with Gasteiger partial charge in [0, 0.05) is 24.0 Å². The van der Waals surface area contributed by atoms with Gasteiger partial charge < -0.3 is 16.0 Å². The molecule has 132 valence electrons. The molecule has 1 aromatic heterocycles. The zero-order chi connectivity index (χ0) is 18.4. The molecule has 26 heavy (non-hydrogen) atoms. The van der Waals surface area contributed by atoms with Crippen LogP contribution in [0.1, 0.15) is 19.4 Å². The molecule has 0 unspecified atom stereocenters. The molecule has 1 heterocycles. The van der Waals surface area contributed by atoms with Crippen LogP contribution in [0, 0.1) is 0 Å². The summed E-state index contributed by atoms with van der Waals surface area (Å²) in [7, 11) is 0. The Morgan fingerprint density at radius 1 is 1.00 bits per heavy atom. The second-order valence-corrected chi connectivity index (χ2v) is 5.68. The Morgan fingerprint density at radius 2 is 1.73 bits per heavy atom. The van der Waals surface area contributed by atoms with Crippen molar-refractivity contribution in [2.45, 2.75) is 20.3 Å². The van der Waals surface area contributed by atoms with E-state index in [1.54, 1.807) is 18.3 Å². The third-order valence-corrected chi connectivity index (χ3v) is 3.68. The maximum absolute atomic E-state index is 11.1. The number of para-hydroxylation sites is 1. The Labute approximate surface area is 151 Å². The maximum Gasteiger partial charge on any atom is 0.249 e. The molecule has 7 nitrogen and oxygen atoms in total. The van der Waals surface area contributed by atoms with Crippen LogP contribution in [0.3, 0.4) is 0 Å². The van der Waals surface area contributed by atoms with E-state index in [1.807, 2.05) is 30.3 Å². The Balaban J connectivity index is 1.72. The van der Waals surface area contributed by atoms with Gasteiger partial charge in [0.15, 0.2) is 5.82 Å². The van der Waals surface area contributed by atoms with Crippen LogP contribution in [0.4, 0.5) is 28.8 Å². The fraction of sp³-hybridized carbons (Fsp3) is 0.158. The van der Waals surface area contributed by atoms with Crippen LogP contribution in [0.15, 0.2) is 54.7 Å². The highest BCUT2D eigenvalue weighted by molar-refractivity contribution is 5.88. The zero-order valence-corrected chi connectivity index (χ0v) is 14.7. The first kappa shape index (κ1) is 17.3. The fourth-order valence-corrected chi connectivity index (χ4v) is 2.47. The van der Waals surface area contributed by atoms with Crippen molar-refractivity contribution in [2.24, 2.45) is 0 Å². The zero-order valence-electron chi connectivity index (χ0n) is 14.7. The van der Waals surface area contributed by atoms with Gasteiger partial charge in [0.1, 0.15) is 0 Å². The van der Waals surface area contributed by atoms with Crippen molar-refractivity contribution < 1.29 is 4.79 Å². The number of amides is 1. The fourth-order valence-electron chi connectivity index (χ4n) is 2.47. The maximum atomic E-state index is 11.1. The molecule has 0 aliphatic heterocycles. The number of carbonyl (C=O) groups is 1. The number of nitrogens with zero attached hydrogens (tertiary/aromatic N) is 3. The molecular formula is C19H20N6O. The number of aryl methyl sites for hydroxylation is 1. The summed E-state index contributed by atoms with van der Waals surface area (Å²) < 4.78 is 0. The third-order valence-electron chi connectivity index (χ3n) is 3.68. The minimum Gasteiger partial charge on any atom is -0.339 e. The van der Waals surface area contributed by atoms with Gasteiger partial charge in [-0.15, -0.1) is 5.10 Å². The molecule has 0 saturated heterocycles. The first-order valence-electron chi connectivity index (χ1n) is 8.33. The molecule has 2 aromatic carbocycles. The predicted molar refractivity (Wildman–Crippen MR) is 103 cm³/mol. The average molecular weight is 348 g/mol. The van der Waals surface area contributed by atoms with E-state index in [2.05, 4.69) is 44.1 Å². The van der Waals surface area contributed by atoms with Crippen molar-refractivity contribution in [3.05, 3.63) is 60.3 Å². The van der Waals surface area contributed by atoms with E-state index in [0.717, 1.165) is 23.5 Å². The summed E-state index contributed by atoms with van der Waals surface area (Å²) in [4.78, 5) is 15.5. The number of carbonyl (C=O) groups excluding carboxylic acids is 1. The van der Waals surface area contributed by atoms with Gasteiger partial charge in [0.2, 0.25) is 11.9 Å². The molecule has 0 bridgehead atoms. The van der Waals surface area contributed by atoms with Crippen LogP contribution in [0.2, 0.25) is 0 Å². The van der Waals surface area contributed by atoms with Gasteiger partial charge in [-0.2, -0.15) is 10.1 Å². The van der Waals surface area contributed by atoms with Gasteiger partial charge in [-0.3, -0.25) is 4.79 Å². The van der Waals surface area contributed by atoms with Gasteiger partial charge in [0.05, 0.1) is 6.20 Å². The normalized spacial score (nSPS) is 10.2. The summed E-state index contributed by atoms with van der Waals surface area (Å²) >= 11 is 0. The topological polar surface area (TPSA) is 91.8 Å². The van der Waals surface area contributed by atoms with Gasteiger partial charge in [-0.1, -0.05) is 25.1 Å². The van der Waals surface area contributed by atoms with E-state index in [4.69, 9.17) is 0 Å². The lowest BCUT2D eigenvalue weighted by atomic mass is 10.1. The number of hydrogen-bond donors (Lipinski definition) is 3. The summed E-state index contributed by atoms with van der Waals surface area (Å²) in [6, 6.07) is 15.4. The molecule has 0 aliphatic carbocycles. The van der Waals surface area contributed by atoms with Crippen LogP contribution in [-0.4, -0.2) is 21.1 Å². The minimum absolute atomic E-state index is 0.107. The number of benzene rings is 2. The third kappa shape index (κ3) is 4.54. The number of rotatable bonds is 6. The molecule has 0 spiro atoms. The second-order valence-electron chi connectivity index (χ2n) is 5.68. The number of anilines is 5. The molecule has 0 fully saturated rings. The monoisotopic (exact) mass is 348 g/mol. The first-order chi connectivity index (χ1) is 12.6. The summed E-state index contributed by atoms with van der Waals surface area (Å²) in [5.74, 6) is 0.888. The number of nitrogens with one attached hydrogen (secondary N) is 3. The smallest absolute Gasteiger partial charge is 0.249 e. The van der Waals surface area contributed by atoms with E-state index in [-0.39, 0.29) is 5.91 Å². The number of hydrogen-bond acceptors (Lipinski definition) is 6. The van der Waals surface area contributed by atoms with Crippen LogP contribution in [0.5, 0.6) is 0 Å². The molecule has 0 atom stereocenters. The van der Waals surface area contributed by atoms with Gasteiger partial charge in [0.25, 0.3) is 0 Å². The van der Waals surface area contributed by atoms with Crippen LogP contribution < -0.4 is 16.0 Å². The van der Waals surface area contributed by atoms with Crippen molar-refractivity contribution in [2.75, 3.05) is 16.0 Å². The Kier molecular flexibility index (Phi) is 5.38. The van der Waals surface area contributed by atoms with Crippen molar-refractivity contribution in [1.29, 1.82) is 0 Å². The largest absolute Gasteiger partial charge is 0.339 e. The van der Waals surface area contributed by atoms with E-state index in [1.165, 1.54) is 12.5 Å². The molecule has 0 saturated carbocycles. The van der Waals surface area contributed by atoms with Crippen molar-refractivity contribution >= 4 is 34.7 Å². The van der Waals surface area contributed by atoms with Crippen LogP contribution >= 0.6 is 0 Å².